The van der Waals surface area contributed by atoms with Gasteiger partial charge in [0.25, 0.3) is 0 Å². The first-order valence-corrected chi connectivity index (χ1v) is 5.70. The summed E-state index contributed by atoms with van der Waals surface area (Å²) in [6.07, 6.45) is 2.43. The molecule has 3 nitrogen and oxygen atoms in total. The Morgan fingerprint density at radius 1 is 1.50 bits per heavy atom. The van der Waals surface area contributed by atoms with E-state index in [2.05, 4.69) is 0 Å². The number of ether oxygens (including phenoxy) is 1. The number of nitrogens with two attached hydrogens (primary N) is 1. The van der Waals surface area contributed by atoms with E-state index < -0.39 is 0 Å². The molecule has 0 radical (unpaired) electrons. The molecule has 0 saturated heterocycles. The summed E-state index contributed by atoms with van der Waals surface area (Å²) >= 11 is 5.91. The van der Waals surface area contributed by atoms with Gasteiger partial charge in [-0.1, -0.05) is 11.6 Å². The Kier molecular flexibility index (Phi) is 3.46. The molecule has 4 heteroatoms. The molecule has 1 aliphatic rings. The SMILES string of the molecule is Nc1ccc(Cl)c(C(=O)COCC2CC2)c1. The van der Waals surface area contributed by atoms with Crippen LogP contribution in [0.5, 0.6) is 0 Å². The van der Waals surface area contributed by atoms with Crippen molar-refractivity contribution in [3.63, 3.8) is 0 Å². The van der Waals surface area contributed by atoms with Gasteiger partial charge in [0.15, 0.2) is 5.78 Å². The third kappa shape index (κ3) is 2.97. The Labute approximate surface area is 99.5 Å². The van der Waals surface area contributed by atoms with E-state index in [1.54, 1.807) is 18.2 Å². The lowest BCUT2D eigenvalue weighted by Gasteiger charge is -2.05. The molecule has 0 aromatic heterocycles. The van der Waals surface area contributed by atoms with Gasteiger partial charge in [0.1, 0.15) is 6.61 Å². The van der Waals surface area contributed by atoms with Crippen LogP contribution in [0.15, 0.2) is 18.2 Å². The van der Waals surface area contributed by atoms with Crippen molar-refractivity contribution in [1.82, 2.24) is 0 Å². The first-order valence-electron chi connectivity index (χ1n) is 5.33. The van der Waals surface area contributed by atoms with Gasteiger partial charge in [-0.15, -0.1) is 0 Å². The van der Waals surface area contributed by atoms with Crippen molar-refractivity contribution >= 4 is 23.1 Å². The van der Waals surface area contributed by atoms with Gasteiger partial charge in [-0.25, -0.2) is 0 Å². The maximum absolute atomic E-state index is 11.8. The summed E-state index contributed by atoms with van der Waals surface area (Å²) in [6, 6.07) is 4.89. The number of hydrogen-bond acceptors (Lipinski definition) is 3. The number of rotatable bonds is 5. The number of nitrogen functional groups attached to an aromatic ring is 1. The standard InChI is InChI=1S/C12H14ClNO2/c13-11-4-3-9(14)5-10(11)12(15)7-16-6-8-1-2-8/h3-5,8H,1-2,6-7,14H2. The summed E-state index contributed by atoms with van der Waals surface area (Å²) in [6.45, 7) is 0.755. The summed E-state index contributed by atoms with van der Waals surface area (Å²) in [5, 5.41) is 0.425. The Hall–Kier alpha value is -1.06. The molecular weight excluding hydrogens is 226 g/mol. The molecule has 2 N–H and O–H groups in total. The fourth-order valence-electron chi connectivity index (χ4n) is 1.44. The molecule has 2 rings (SSSR count). The molecule has 86 valence electrons. The molecular formula is C12H14ClNO2. The minimum atomic E-state index is -0.113. The van der Waals surface area contributed by atoms with Crippen LogP contribution in [0.2, 0.25) is 5.02 Å². The number of carbonyl (C=O) groups excluding carboxylic acids is 1. The zero-order valence-corrected chi connectivity index (χ0v) is 9.67. The van der Waals surface area contributed by atoms with Crippen molar-refractivity contribution in [2.45, 2.75) is 12.8 Å². The maximum Gasteiger partial charge on any atom is 0.190 e. The van der Waals surface area contributed by atoms with E-state index in [9.17, 15) is 4.79 Å². The minimum absolute atomic E-state index is 0.0830. The van der Waals surface area contributed by atoms with Crippen LogP contribution >= 0.6 is 11.6 Å². The molecule has 0 heterocycles. The van der Waals surface area contributed by atoms with Crippen molar-refractivity contribution in [1.29, 1.82) is 0 Å². The van der Waals surface area contributed by atoms with Crippen molar-refractivity contribution in [2.24, 2.45) is 5.92 Å². The zero-order chi connectivity index (χ0) is 11.5. The second-order valence-electron chi connectivity index (χ2n) is 4.12. The van der Waals surface area contributed by atoms with Crippen LogP contribution in [-0.4, -0.2) is 19.0 Å². The van der Waals surface area contributed by atoms with Gasteiger partial charge in [0.05, 0.1) is 11.6 Å². The summed E-state index contributed by atoms with van der Waals surface area (Å²) in [7, 11) is 0. The lowest BCUT2D eigenvalue weighted by molar-refractivity contribution is 0.0740. The third-order valence-corrected chi connectivity index (χ3v) is 2.90. The summed E-state index contributed by atoms with van der Waals surface area (Å²) in [5.41, 5.74) is 6.58. The van der Waals surface area contributed by atoms with E-state index in [1.807, 2.05) is 0 Å². The Bertz CT molecular complexity index is 402. The van der Waals surface area contributed by atoms with Crippen LogP contribution < -0.4 is 5.73 Å². The lowest BCUT2D eigenvalue weighted by atomic mass is 10.1. The van der Waals surface area contributed by atoms with Crippen LogP contribution in [0.3, 0.4) is 0 Å². The number of anilines is 1. The molecule has 1 aromatic carbocycles. The average molecular weight is 240 g/mol. The number of carbonyl (C=O) groups is 1. The third-order valence-electron chi connectivity index (χ3n) is 2.57. The fourth-order valence-corrected chi connectivity index (χ4v) is 1.66. The number of benzene rings is 1. The molecule has 16 heavy (non-hydrogen) atoms. The minimum Gasteiger partial charge on any atom is -0.399 e. The van der Waals surface area contributed by atoms with Gasteiger partial charge in [0.2, 0.25) is 0 Å². The van der Waals surface area contributed by atoms with Crippen molar-refractivity contribution < 1.29 is 9.53 Å². The van der Waals surface area contributed by atoms with Crippen molar-refractivity contribution in [3.05, 3.63) is 28.8 Å². The Morgan fingerprint density at radius 3 is 2.94 bits per heavy atom. The molecule has 0 atom stereocenters. The molecule has 1 fully saturated rings. The Morgan fingerprint density at radius 2 is 2.25 bits per heavy atom. The highest BCUT2D eigenvalue weighted by Gasteiger charge is 2.22. The summed E-state index contributed by atoms with van der Waals surface area (Å²) in [4.78, 5) is 11.8. The molecule has 1 saturated carbocycles. The smallest absolute Gasteiger partial charge is 0.190 e. The largest absolute Gasteiger partial charge is 0.399 e. The predicted molar refractivity (Wildman–Crippen MR) is 63.7 cm³/mol. The molecule has 1 aliphatic carbocycles. The van der Waals surface area contributed by atoms with E-state index in [0.717, 1.165) is 0 Å². The van der Waals surface area contributed by atoms with Crippen LogP contribution in [0, 0.1) is 5.92 Å². The molecule has 0 unspecified atom stereocenters. The van der Waals surface area contributed by atoms with Crippen LogP contribution in [-0.2, 0) is 4.74 Å². The van der Waals surface area contributed by atoms with Crippen molar-refractivity contribution in [2.75, 3.05) is 18.9 Å². The topological polar surface area (TPSA) is 52.3 Å². The second kappa shape index (κ2) is 4.85. The van der Waals surface area contributed by atoms with E-state index in [0.29, 0.717) is 28.8 Å². The quantitative estimate of drug-likeness (QED) is 0.635. The second-order valence-corrected chi connectivity index (χ2v) is 4.53. The van der Waals surface area contributed by atoms with Crippen LogP contribution in [0.1, 0.15) is 23.2 Å². The molecule has 0 aliphatic heterocycles. The highest BCUT2D eigenvalue weighted by atomic mass is 35.5. The highest BCUT2D eigenvalue weighted by Crippen LogP contribution is 2.28. The first kappa shape index (κ1) is 11.4. The highest BCUT2D eigenvalue weighted by molar-refractivity contribution is 6.34. The van der Waals surface area contributed by atoms with Gasteiger partial charge >= 0.3 is 0 Å². The molecule has 1 aromatic rings. The van der Waals surface area contributed by atoms with Gasteiger partial charge in [-0.05, 0) is 37.0 Å². The van der Waals surface area contributed by atoms with E-state index >= 15 is 0 Å². The molecule has 0 bridgehead atoms. The van der Waals surface area contributed by atoms with Gasteiger partial charge < -0.3 is 10.5 Å². The molecule has 0 spiro atoms. The zero-order valence-electron chi connectivity index (χ0n) is 8.91. The van der Waals surface area contributed by atoms with Gasteiger partial charge in [0, 0.05) is 11.3 Å². The van der Waals surface area contributed by atoms with E-state index in [1.165, 1.54) is 12.8 Å². The average Bonchev–Trinajstić information content (AvgIpc) is 3.05. The van der Waals surface area contributed by atoms with Gasteiger partial charge in [-0.3, -0.25) is 4.79 Å². The van der Waals surface area contributed by atoms with Crippen molar-refractivity contribution in [3.8, 4) is 0 Å². The number of hydrogen-bond donors (Lipinski definition) is 1. The normalized spacial score (nSPS) is 15.1. The summed E-state index contributed by atoms with van der Waals surface area (Å²) in [5.74, 6) is 0.544. The number of ketones is 1. The van der Waals surface area contributed by atoms with Gasteiger partial charge in [-0.2, -0.15) is 0 Å². The fraction of sp³-hybridized carbons (Fsp3) is 0.417. The van der Waals surface area contributed by atoms with E-state index in [4.69, 9.17) is 22.1 Å². The summed E-state index contributed by atoms with van der Waals surface area (Å²) < 4.78 is 5.32. The van der Waals surface area contributed by atoms with Crippen LogP contribution in [0.4, 0.5) is 5.69 Å². The number of halogens is 1. The number of Topliss-reactive ketones (excluding diaryl/α,β-unsaturated/α-hetero) is 1. The monoisotopic (exact) mass is 239 g/mol. The van der Waals surface area contributed by atoms with E-state index in [-0.39, 0.29) is 12.4 Å². The predicted octanol–water partition coefficient (Wildman–Crippen LogP) is 2.53. The maximum atomic E-state index is 11.8. The van der Waals surface area contributed by atoms with Crippen LogP contribution in [0.25, 0.3) is 0 Å². The Balaban J connectivity index is 1.93. The lowest BCUT2D eigenvalue weighted by Crippen LogP contribution is -2.11. The molecule has 0 amide bonds. The first-order chi connectivity index (χ1) is 7.66.